The van der Waals surface area contributed by atoms with Crippen molar-refractivity contribution in [3.63, 3.8) is 0 Å². The second-order valence-electron chi connectivity index (χ2n) is 5.25. The Kier molecular flexibility index (Phi) is 3.81. The summed E-state index contributed by atoms with van der Waals surface area (Å²) in [6.07, 6.45) is 4.64. The van der Waals surface area contributed by atoms with Crippen molar-refractivity contribution in [1.82, 2.24) is 0 Å². The minimum Gasteiger partial charge on any atom is -0.497 e. The Hall–Kier alpha value is -1.22. The Labute approximate surface area is 109 Å². The van der Waals surface area contributed by atoms with Gasteiger partial charge in [-0.2, -0.15) is 0 Å². The molecule has 1 aliphatic rings. The summed E-state index contributed by atoms with van der Waals surface area (Å²) in [4.78, 5) is 0. The van der Waals surface area contributed by atoms with Crippen LogP contribution < -0.4 is 15.2 Å². The molecule has 1 aromatic carbocycles. The Morgan fingerprint density at radius 1 is 1.22 bits per heavy atom. The topological polar surface area (TPSA) is 44.5 Å². The SMILES string of the molecule is COc1ccc(OC)c(C2(N)CCCCC2C)c1. The maximum atomic E-state index is 6.69. The molecule has 2 rings (SSSR count). The Balaban J connectivity index is 2.46. The van der Waals surface area contributed by atoms with Gasteiger partial charge in [0.2, 0.25) is 0 Å². The zero-order valence-electron chi connectivity index (χ0n) is 11.5. The average molecular weight is 249 g/mol. The number of nitrogens with two attached hydrogens (primary N) is 1. The molecule has 18 heavy (non-hydrogen) atoms. The molecule has 0 aromatic heterocycles. The average Bonchev–Trinajstić information content (AvgIpc) is 2.41. The van der Waals surface area contributed by atoms with Gasteiger partial charge in [-0.25, -0.2) is 0 Å². The fraction of sp³-hybridized carbons (Fsp3) is 0.600. The standard InChI is InChI=1S/C15H23NO2/c1-11-6-4-5-9-15(11,16)13-10-12(17-2)7-8-14(13)18-3/h7-8,10-11H,4-6,9,16H2,1-3H3. The molecule has 1 saturated carbocycles. The van der Waals surface area contributed by atoms with Crippen molar-refractivity contribution in [3.05, 3.63) is 23.8 Å². The van der Waals surface area contributed by atoms with E-state index in [9.17, 15) is 0 Å². The van der Waals surface area contributed by atoms with Crippen molar-refractivity contribution in [2.45, 2.75) is 38.1 Å². The van der Waals surface area contributed by atoms with Gasteiger partial charge in [0.05, 0.1) is 14.2 Å². The van der Waals surface area contributed by atoms with Crippen LogP contribution in [0.4, 0.5) is 0 Å². The molecule has 100 valence electrons. The van der Waals surface area contributed by atoms with Crippen molar-refractivity contribution >= 4 is 0 Å². The zero-order chi connectivity index (χ0) is 13.2. The monoisotopic (exact) mass is 249 g/mol. The van der Waals surface area contributed by atoms with Crippen LogP contribution in [0.2, 0.25) is 0 Å². The summed E-state index contributed by atoms with van der Waals surface area (Å²) in [5.74, 6) is 2.17. The summed E-state index contributed by atoms with van der Waals surface area (Å²) in [5.41, 5.74) is 7.47. The van der Waals surface area contributed by atoms with Crippen molar-refractivity contribution in [3.8, 4) is 11.5 Å². The third-order valence-electron chi connectivity index (χ3n) is 4.27. The molecule has 2 N–H and O–H groups in total. The lowest BCUT2D eigenvalue weighted by molar-refractivity contribution is 0.200. The summed E-state index contributed by atoms with van der Waals surface area (Å²) >= 11 is 0. The maximum absolute atomic E-state index is 6.69. The van der Waals surface area contributed by atoms with Crippen molar-refractivity contribution in [2.24, 2.45) is 11.7 Å². The zero-order valence-corrected chi connectivity index (χ0v) is 11.5. The Morgan fingerprint density at radius 3 is 2.61 bits per heavy atom. The summed E-state index contributed by atoms with van der Waals surface area (Å²) < 4.78 is 10.8. The van der Waals surface area contributed by atoms with E-state index in [1.807, 2.05) is 18.2 Å². The first-order valence-electron chi connectivity index (χ1n) is 6.63. The van der Waals surface area contributed by atoms with E-state index in [2.05, 4.69) is 6.92 Å². The molecule has 2 unspecified atom stereocenters. The molecule has 2 atom stereocenters. The highest BCUT2D eigenvalue weighted by Gasteiger charge is 2.38. The molecule has 0 aliphatic heterocycles. The van der Waals surface area contributed by atoms with E-state index in [-0.39, 0.29) is 5.54 Å². The number of benzene rings is 1. The van der Waals surface area contributed by atoms with Crippen molar-refractivity contribution in [2.75, 3.05) is 14.2 Å². The van der Waals surface area contributed by atoms with E-state index in [0.717, 1.165) is 23.5 Å². The van der Waals surface area contributed by atoms with Gasteiger partial charge in [-0.15, -0.1) is 0 Å². The maximum Gasteiger partial charge on any atom is 0.124 e. The predicted octanol–water partition coefficient (Wildman–Crippen LogP) is 3.07. The molecule has 1 aliphatic carbocycles. The lowest BCUT2D eigenvalue weighted by Gasteiger charge is -2.40. The minimum absolute atomic E-state index is 0.294. The fourth-order valence-electron chi connectivity index (χ4n) is 2.95. The molecular formula is C15H23NO2. The minimum atomic E-state index is -0.294. The molecule has 0 radical (unpaired) electrons. The third kappa shape index (κ3) is 2.19. The van der Waals surface area contributed by atoms with Gasteiger partial charge in [0.15, 0.2) is 0 Å². The van der Waals surface area contributed by atoms with Gasteiger partial charge < -0.3 is 15.2 Å². The molecule has 3 nitrogen and oxygen atoms in total. The molecule has 0 heterocycles. The first kappa shape index (κ1) is 13.2. The first-order chi connectivity index (χ1) is 8.61. The Morgan fingerprint density at radius 2 is 2.00 bits per heavy atom. The molecule has 0 saturated heterocycles. The first-order valence-corrected chi connectivity index (χ1v) is 6.63. The van der Waals surface area contributed by atoms with Crippen LogP contribution in [0, 0.1) is 5.92 Å². The Bertz CT molecular complexity index is 419. The van der Waals surface area contributed by atoms with Crippen LogP contribution in [-0.4, -0.2) is 14.2 Å². The van der Waals surface area contributed by atoms with Crippen LogP contribution in [0.15, 0.2) is 18.2 Å². The number of methoxy groups -OCH3 is 2. The van der Waals surface area contributed by atoms with E-state index in [4.69, 9.17) is 15.2 Å². The second kappa shape index (κ2) is 5.19. The molecule has 3 heteroatoms. The van der Waals surface area contributed by atoms with Gasteiger partial charge in [-0.05, 0) is 37.0 Å². The van der Waals surface area contributed by atoms with E-state index in [0.29, 0.717) is 5.92 Å². The van der Waals surface area contributed by atoms with Crippen molar-refractivity contribution < 1.29 is 9.47 Å². The van der Waals surface area contributed by atoms with Crippen LogP contribution >= 0.6 is 0 Å². The highest BCUT2D eigenvalue weighted by atomic mass is 16.5. The molecule has 1 fully saturated rings. The number of ether oxygens (including phenoxy) is 2. The number of hydrogen-bond acceptors (Lipinski definition) is 3. The van der Waals surface area contributed by atoms with Crippen LogP contribution in [0.1, 0.15) is 38.2 Å². The van der Waals surface area contributed by atoms with E-state index >= 15 is 0 Å². The number of rotatable bonds is 3. The molecule has 1 aromatic rings. The smallest absolute Gasteiger partial charge is 0.124 e. The van der Waals surface area contributed by atoms with E-state index < -0.39 is 0 Å². The van der Waals surface area contributed by atoms with Crippen LogP contribution in [0.3, 0.4) is 0 Å². The van der Waals surface area contributed by atoms with Gasteiger partial charge in [-0.1, -0.05) is 19.8 Å². The second-order valence-corrected chi connectivity index (χ2v) is 5.25. The molecule has 0 amide bonds. The quantitative estimate of drug-likeness (QED) is 0.895. The summed E-state index contributed by atoms with van der Waals surface area (Å²) in [6.45, 7) is 2.23. The van der Waals surface area contributed by atoms with Gasteiger partial charge in [0.1, 0.15) is 11.5 Å². The van der Waals surface area contributed by atoms with Gasteiger partial charge >= 0.3 is 0 Å². The summed E-state index contributed by atoms with van der Waals surface area (Å²) in [5, 5.41) is 0. The largest absolute Gasteiger partial charge is 0.497 e. The van der Waals surface area contributed by atoms with Crippen molar-refractivity contribution in [1.29, 1.82) is 0 Å². The third-order valence-corrected chi connectivity index (χ3v) is 4.27. The summed E-state index contributed by atoms with van der Waals surface area (Å²) in [7, 11) is 3.38. The predicted molar refractivity (Wildman–Crippen MR) is 73.0 cm³/mol. The van der Waals surface area contributed by atoms with E-state index in [1.165, 1.54) is 19.3 Å². The van der Waals surface area contributed by atoms with Gasteiger partial charge in [-0.3, -0.25) is 0 Å². The normalized spacial score (nSPS) is 27.9. The molecular weight excluding hydrogens is 226 g/mol. The lowest BCUT2D eigenvalue weighted by atomic mass is 9.70. The van der Waals surface area contributed by atoms with Gasteiger partial charge in [0, 0.05) is 11.1 Å². The molecule has 0 bridgehead atoms. The van der Waals surface area contributed by atoms with E-state index in [1.54, 1.807) is 14.2 Å². The highest BCUT2D eigenvalue weighted by molar-refractivity contribution is 5.45. The van der Waals surface area contributed by atoms with Crippen LogP contribution in [0.25, 0.3) is 0 Å². The van der Waals surface area contributed by atoms with Crippen LogP contribution in [0.5, 0.6) is 11.5 Å². The lowest BCUT2D eigenvalue weighted by Crippen LogP contribution is -2.45. The summed E-state index contributed by atoms with van der Waals surface area (Å²) in [6, 6.07) is 5.89. The van der Waals surface area contributed by atoms with Crippen LogP contribution in [-0.2, 0) is 5.54 Å². The number of hydrogen-bond donors (Lipinski definition) is 1. The van der Waals surface area contributed by atoms with Gasteiger partial charge in [0.25, 0.3) is 0 Å². The highest BCUT2D eigenvalue weighted by Crippen LogP contribution is 2.43. The molecule has 0 spiro atoms. The fourth-order valence-corrected chi connectivity index (χ4v) is 2.95.